The smallest absolute Gasteiger partial charge is 0.229 e. The van der Waals surface area contributed by atoms with Gasteiger partial charge in [-0.15, -0.1) is 0 Å². The van der Waals surface area contributed by atoms with Crippen LogP contribution in [-0.2, 0) is 4.74 Å². The van der Waals surface area contributed by atoms with Crippen molar-refractivity contribution in [1.29, 1.82) is 0 Å². The van der Waals surface area contributed by atoms with Gasteiger partial charge in [-0.1, -0.05) is 29.8 Å². The van der Waals surface area contributed by atoms with Gasteiger partial charge in [0.25, 0.3) is 0 Å². The number of aliphatic hydroxyl groups is 4. The lowest BCUT2D eigenvalue weighted by molar-refractivity contribution is -0.277. The molecular formula is C21H21ClO9. The standard InChI is InChI=1S/C21H21ClO9/c22-11-4-1-10(2-5-11)3-6-13(25)17-14(26)7-12(24)8-15(17)30-21-20(29)19(28)18(27)16(9-23)31-21/h1-8,16,18-21,23-24,26-29H,9H2/b6-3+/t16-,18+,19+,20+,21+/m0/s1. The molecule has 1 saturated heterocycles. The van der Waals surface area contributed by atoms with E-state index in [0.29, 0.717) is 10.6 Å². The number of phenolic OH excluding ortho intramolecular Hbond substituents is 2. The summed E-state index contributed by atoms with van der Waals surface area (Å²) in [6.45, 7) is -0.675. The number of aliphatic hydroxyl groups excluding tert-OH is 4. The molecule has 0 bridgehead atoms. The summed E-state index contributed by atoms with van der Waals surface area (Å²) in [4.78, 5) is 12.7. The molecule has 2 aromatic rings. The summed E-state index contributed by atoms with van der Waals surface area (Å²) in [5.41, 5.74) is 0.326. The molecule has 9 nitrogen and oxygen atoms in total. The molecule has 0 saturated carbocycles. The lowest BCUT2D eigenvalue weighted by atomic mass is 9.99. The van der Waals surface area contributed by atoms with Crippen LogP contribution in [0.5, 0.6) is 17.2 Å². The van der Waals surface area contributed by atoms with E-state index in [2.05, 4.69) is 0 Å². The van der Waals surface area contributed by atoms with Gasteiger partial charge in [0.05, 0.1) is 6.61 Å². The number of hydrogen-bond donors (Lipinski definition) is 6. The molecule has 3 rings (SSSR count). The number of rotatable bonds is 6. The number of carbonyl (C=O) groups excluding carboxylic acids is 1. The van der Waals surface area contributed by atoms with E-state index in [-0.39, 0.29) is 11.3 Å². The Labute approximate surface area is 182 Å². The van der Waals surface area contributed by atoms with E-state index in [1.165, 1.54) is 6.08 Å². The van der Waals surface area contributed by atoms with Crippen LogP contribution in [0.25, 0.3) is 6.08 Å². The summed E-state index contributed by atoms with van der Waals surface area (Å²) in [6.07, 6.45) is -5.25. The minimum Gasteiger partial charge on any atom is -0.508 e. The third kappa shape index (κ3) is 5.16. The fraction of sp³-hybridized carbons (Fsp3) is 0.286. The lowest BCUT2D eigenvalue weighted by Gasteiger charge is -2.39. The first-order valence-electron chi connectivity index (χ1n) is 9.22. The SMILES string of the molecule is O=C(/C=C/c1ccc(Cl)cc1)c1c(O)cc(O)cc1O[C@@H]1O[C@@H](CO)[C@@H](O)[C@@H](O)[C@H]1O. The predicted octanol–water partition coefficient (Wildman–Crippen LogP) is 0.826. The molecule has 0 radical (unpaired) electrons. The quantitative estimate of drug-likeness (QED) is 0.276. The molecule has 2 aromatic carbocycles. The zero-order valence-corrected chi connectivity index (χ0v) is 16.8. The summed E-state index contributed by atoms with van der Waals surface area (Å²) >= 11 is 5.83. The second-order valence-electron chi connectivity index (χ2n) is 6.90. The first-order chi connectivity index (χ1) is 14.7. The maximum Gasteiger partial charge on any atom is 0.229 e. The molecular weight excluding hydrogens is 432 g/mol. The Morgan fingerprint density at radius 1 is 1.06 bits per heavy atom. The van der Waals surface area contributed by atoms with E-state index in [1.54, 1.807) is 24.3 Å². The molecule has 166 valence electrons. The van der Waals surface area contributed by atoms with Gasteiger partial charge < -0.3 is 40.1 Å². The summed E-state index contributed by atoms with van der Waals surface area (Å²) in [6, 6.07) is 8.57. The molecule has 5 atom stereocenters. The van der Waals surface area contributed by atoms with E-state index in [9.17, 15) is 35.4 Å². The lowest BCUT2D eigenvalue weighted by Crippen LogP contribution is -2.60. The van der Waals surface area contributed by atoms with Crippen LogP contribution >= 0.6 is 11.6 Å². The van der Waals surface area contributed by atoms with Crippen molar-refractivity contribution in [3.63, 3.8) is 0 Å². The van der Waals surface area contributed by atoms with Gasteiger partial charge in [0.15, 0.2) is 5.78 Å². The topological polar surface area (TPSA) is 157 Å². The Morgan fingerprint density at radius 2 is 1.74 bits per heavy atom. The number of ether oxygens (including phenoxy) is 2. The van der Waals surface area contributed by atoms with Crippen LogP contribution < -0.4 is 4.74 Å². The molecule has 1 aliphatic heterocycles. The van der Waals surface area contributed by atoms with Crippen molar-refractivity contribution in [1.82, 2.24) is 0 Å². The zero-order chi connectivity index (χ0) is 22.7. The molecule has 0 aromatic heterocycles. The molecule has 1 fully saturated rings. The summed E-state index contributed by atoms with van der Waals surface area (Å²) in [7, 11) is 0. The van der Waals surface area contributed by atoms with Crippen LogP contribution in [0.4, 0.5) is 0 Å². The molecule has 0 aliphatic carbocycles. The van der Waals surface area contributed by atoms with E-state index in [1.807, 2.05) is 0 Å². The fourth-order valence-corrected chi connectivity index (χ4v) is 3.17. The van der Waals surface area contributed by atoms with Gasteiger partial charge in [-0.3, -0.25) is 4.79 Å². The Morgan fingerprint density at radius 3 is 2.39 bits per heavy atom. The van der Waals surface area contributed by atoms with Crippen LogP contribution in [0.15, 0.2) is 42.5 Å². The largest absolute Gasteiger partial charge is 0.508 e. The number of hydrogen-bond acceptors (Lipinski definition) is 9. The molecule has 1 aliphatic rings. The molecule has 0 amide bonds. The Hall–Kier alpha value is -2.66. The van der Waals surface area contributed by atoms with Crippen molar-refractivity contribution in [2.75, 3.05) is 6.61 Å². The normalized spacial score (nSPS) is 26.2. The van der Waals surface area contributed by atoms with Crippen molar-refractivity contribution >= 4 is 23.5 Å². The van der Waals surface area contributed by atoms with Crippen LogP contribution in [-0.4, -0.2) is 73.7 Å². The number of allylic oxidation sites excluding steroid dienone is 1. The summed E-state index contributed by atoms with van der Waals surface area (Å²) in [5.74, 6) is -2.06. The third-order valence-corrected chi connectivity index (χ3v) is 4.95. The van der Waals surface area contributed by atoms with Crippen molar-refractivity contribution in [2.45, 2.75) is 30.7 Å². The van der Waals surface area contributed by atoms with E-state index in [4.69, 9.17) is 21.1 Å². The molecule has 1 heterocycles. The Bertz CT molecular complexity index is 958. The van der Waals surface area contributed by atoms with E-state index in [0.717, 1.165) is 18.2 Å². The molecule has 0 spiro atoms. The molecule has 0 unspecified atom stereocenters. The molecule has 31 heavy (non-hydrogen) atoms. The van der Waals surface area contributed by atoms with Gasteiger partial charge in [-0.2, -0.15) is 0 Å². The molecule has 6 N–H and O–H groups in total. The third-order valence-electron chi connectivity index (χ3n) is 4.70. The Balaban J connectivity index is 1.89. The first-order valence-corrected chi connectivity index (χ1v) is 9.60. The number of phenols is 2. The van der Waals surface area contributed by atoms with Crippen molar-refractivity contribution in [2.24, 2.45) is 0 Å². The zero-order valence-electron chi connectivity index (χ0n) is 16.0. The highest BCUT2D eigenvalue weighted by molar-refractivity contribution is 6.30. The van der Waals surface area contributed by atoms with E-state index >= 15 is 0 Å². The molecule has 10 heteroatoms. The van der Waals surface area contributed by atoms with Crippen LogP contribution in [0, 0.1) is 0 Å². The predicted molar refractivity (Wildman–Crippen MR) is 109 cm³/mol. The maximum atomic E-state index is 12.7. The minimum absolute atomic E-state index is 0.333. The van der Waals surface area contributed by atoms with Gasteiger partial charge in [-0.25, -0.2) is 0 Å². The average Bonchev–Trinajstić information content (AvgIpc) is 2.73. The maximum absolute atomic E-state index is 12.7. The van der Waals surface area contributed by atoms with E-state index < -0.39 is 54.6 Å². The van der Waals surface area contributed by atoms with Crippen molar-refractivity contribution < 1.29 is 44.9 Å². The average molecular weight is 453 g/mol. The monoisotopic (exact) mass is 452 g/mol. The minimum atomic E-state index is -1.74. The number of aromatic hydroxyl groups is 2. The highest BCUT2D eigenvalue weighted by Crippen LogP contribution is 2.36. The number of benzene rings is 2. The highest BCUT2D eigenvalue weighted by Gasteiger charge is 2.45. The summed E-state index contributed by atoms with van der Waals surface area (Å²) in [5, 5.41) is 59.8. The first kappa shape index (κ1) is 23.0. The van der Waals surface area contributed by atoms with Crippen molar-refractivity contribution in [3.05, 3.63) is 58.6 Å². The van der Waals surface area contributed by atoms with Crippen LogP contribution in [0.2, 0.25) is 5.02 Å². The van der Waals surface area contributed by atoms with Gasteiger partial charge in [-0.05, 0) is 23.8 Å². The van der Waals surface area contributed by atoms with Crippen LogP contribution in [0.3, 0.4) is 0 Å². The number of halogens is 1. The Kier molecular flexibility index (Phi) is 7.16. The van der Waals surface area contributed by atoms with Gasteiger partial charge in [0.1, 0.15) is 47.2 Å². The summed E-state index contributed by atoms with van der Waals surface area (Å²) < 4.78 is 10.7. The number of carbonyl (C=O) groups is 1. The highest BCUT2D eigenvalue weighted by atomic mass is 35.5. The fourth-order valence-electron chi connectivity index (χ4n) is 3.05. The van der Waals surface area contributed by atoms with Crippen LogP contribution in [0.1, 0.15) is 15.9 Å². The van der Waals surface area contributed by atoms with Gasteiger partial charge >= 0.3 is 0 Å². The number of ketones is 1. The second kappa shape index (κ2) is 9.65. The van der Waals surface area contributed by atoms with Crippen molar-refractivity contribution in [3.8, 4) is 17.2 Å². The van der Waals surface area contributed by atoms with Gasteiger partial charge in [0, 0.05) is 17.2 Å². The second-order valence-corrected chi connectivity index (χ2v) is 7.34. The van der Waals surface area contributed by atoms with Gasteiger partial charge in [0.2, 0.25) is 6.29 Å².